The van der Waals surface area contributed by atoms with E-state index in [1.54, 1.807) is 6.08 Å². The van der Waals surface area contributed by atoms with Crippen molar-refractivity contribution in [2.75, 3.05) is 26.4 Å². The highest BCUT2D eigenvalue weighted by Crippen LogP contribution is 2.43. The van der Waals surface area contributed by atoms with Crippen LogP contribution < -0.4 is 0 Å². The lowest BCUT2D eigenvalue weighted by atomic mass is 10.1. The molecule has 406 valence electrons. The SMILES string of the molecule is CC/C=C\C/C=C\C/C=C\C/C=C\C/C=C\CC(=O)OC(COC(=O)CCCCCCC/C=C\C/C=C\C/C=C\CC)COP(=O)(O)OCC(CO)OC(=O)CCCCCCC/C=C\C/C=C\C/C=C\CC. The molecule has 72 heavy (non-hydrogen) atoms. The molecule has 0 saturated carbocycles. The van der Waals surface area contributed by atoms with Crippen molar-refractivity contribution in [3.8, 4) is 0 Å². The summed E-state index contributed by atoms with van der Waals surface area (Å²) in [6, 6.07) is 0. The Labute approximate surface area is 436 Å². The molecule has 0 aliphatic rings. The summed E-state index contributed by atoms with van der Waals surface area (Å²) >= 11 is 0. The van der Waals surface area contributed by atoms with Crippen LogP contribution in [0.25, 0.3) is 0 Å². The van der Waals surface area contributed by atoms with Crippen LogP contribution in [-0.2, 0) is 42.2 Å². The number of phosphoric acid groups is 1. The van der Waals surface area contributed by atoms with Crippen LogP contribution in [0.2, 0.25) is 0 Å². The van der Waals surface area contributed by atoms with Crippen LogP contribution in [0.5, 0.6) is 0 Å². The molecule has 0 aromatic heterocycles. The lowest BCUT2D eigenvalue weighted by Crippen LogP contribution is -2.30. The van der Waals surface area contributed by atoms with E-state index in [-0.39, 0.29) is 19.3 Å². The maximum absolute atomic E-state index is 12.9. The third-order valence-corrected chi connectivity index (χ3v) is 11.5. The number of carbonyl (C=O) groups is 3. The van der Waals surface area contributed by atoms with Gasteiger partial charge in [-0.25, -0.2) is 4.57 Å². The quantitative estimate of drug-likeness (QED) is 0.0197. The molecule has 0 aromatic rings. The normalized spacial score (nSPS) is 14.5. The monoisotopic (exact) mass is 1020 g/mol. The molecule has 0 aliphatic carbocycles. The van der Waals surface area contributed by atoms with Crippen molar-refractivity contribution in [2.45, 2.75) is 200 Å². The van der Waals surface area contributed by atoms with Crippen LogP contribution in [0.4, 0.5) is 0 Å². The Balaban J connectivity index is 4.89. The minimum atomic E-state index is -4.79. The minimum Gasteiger partial charge on any atom is -0.462 e. The third-order valence-electron chi connectivity index (χ3n) is 10.6. The predicted molar refractivity (Wildman–Crippen MR) is 297 cm³/mol. The summed E-state index contributed by atoms with van der Waals surface area (Å²) in [5.74, 6) is -1.67. The molecule has 0 radical (unpaired) electrons. The Kier molecular flexibility index (Phi) is 49.7. The fourth-order valence-corrected chi connectivity index (χ4v) is 7.36. The first kappa shape index (κ1) is 67.6. The van der Waals surface area contributed by atoms with Crippen LogP contribution >= 0.6 is 7.82 Å². The molecule has 0 aliphatic heterocycles. The maximum Gasteiger partial charge on any atom is 0.472 e. The Morgan fingerprint density at radius 1 is 0.403 bits per heavy atom. The zero-order chi connectivity index (χ0) is 52.7. The number of unbranched alkanes of at least 4 members (excludes halogenated alkanes) is 10. The Hall–Kier alpha value is -4.38. The van der Waals surface area contributed by atoms with Gasteiger partial charge in [0.05, 0.1) is 26.2 Å². The first-order valence-electron chi connectivity index (χ1n) is 27.1. The number of carbonyl (C=O) groups excluding carboxylic acids is 3. The molecule has 0 rings (SSSR count). The molecule has 0 fully saturated rings. The van der Waals surface area contributed by atoms with Crippen molar-refractivity contribution in [2.24, 2.45) is 0 Å². The number of phosphoric ester groups is 1. The van der Waals surface area contributed by atoms with E-state index in [1.165, 1.54) is 0 Å². The first-order chi connectivity index (χ1) is 35.2. The molecule has 12 heteroatoms. The molecule has 0 spiro atoms. The van der Waals surface area contributed by atoms with Crippen molar-refractivity contribution in [1.82, 2.24) is 0 Å². The van der Waals surface area contributed by atoms with Gasteiger partial charge in [0.2, 0.25) is 0 Å². The lowest BCUT2D eigenvalue weighted by molar-refractivity contribution is -0.160. The van der Waals surface area contributed by atoms with Crippen LogP contribution in [0.3, 0.4) is 0 Å². The number of rotatable bonds is 48. The average molecular weight is 1020 g/mol. The van der Waals surface area contributed by atoms with Crippen molar-refractivity contribution in [3.05, 3.63) is 134 Å². The van der Waals surface area contributed by atoms with E-state index >= 15 is 0 Å². The van der Waals surface area contributed by atoms with Gasteiger partial charge in [0.25, 0.3) is 0 Å². The number of aliphatic hydroxyl groups is 1. The fraction of sp³-hybridized carbons (Fsp3) is 0.583. The lowest BCUT2D eigenvalue weighted by Gasteiger charge is -2.21. The minimum absolute atomic E-state index is 0.0771. The first-order valence-corrected chi connectivity index (χ1v) is 28.6. The summed E-state index contributed by atoms with van der Waals surface area (Å²) in [7, 11) is -4.79. The zero-order valence-corrected chi connectivity index (χ0v) is 45.5. The van der Waals surface area contributed by atoms with Gasteiger partial charge >= 0.3 is 25.7 Å². The van der Waals surface area contributed by atoms with Gasteiger partial charge in [-0.2, -0.15) is 0 Å². The predicted octanol–water partition coefficient (Wildman–Crippen LogP) is 15.8. The topological polar surface area (TPSA) is 155 Å². The van der Waals surface area contributed by atoms with E-state index in [0.717, 1.165) is 128 Å². The van der Waals surface area contributed by atoms with Crippen LogP contribution in [0.15, 0.2) is 134 Å². The van der Waals surface area contributed by atoms with Crippen molar-refractivity contribution in [1.29, 1.82) is 0 Å². The second-order valence-electron chi connectivity index (χ2n) is 17.3. The summed E-state index contributed by atoms with van der Waals surface area (Å²) in [6.07, 6.45) is 65.9. The average Bonchev–Trinajstić information content (AvgIpc) is 3.37. The van der Waals surface area contributed by atoms with Gasteiger partial charge < -0.3 is 24.2 Å². The molecule has 0 aromatic carbocycles. The molecule has 0 heterocycles. The summed E-state index contributed by atoms with van der Waals surface area (Å²) in [5, 5.41) is 9.79. The molecule has 2 N–H and O–H groups in total. The van der Waals surface area contributed by atoms with Gasteiger partial charge in [-0.3, -0.25) is 23.4 Å². The Morgan fingerprint density at radius 2 is 0.736 bits per heavy atom. The summed E-state index contributed by atoms with van der Waals surface area (Å²) in [6.45, 7) is 4.12. The molecular formula is C60H95O11P. The van der Waals surface area contributed by atoms with Crippen LogP contribution in [-0.4, -0.2) is 66.5 Å². The molecular weight excluding hydrogens is 928 g/mol. The molecule has 0 amide bonds. The van der Waals surface area contributed by atoms with Crippen molar-refractivity contribution < 1.29 is 52.2 Å². The highest BCUT2D eigenvalue weighted by molar-refractivity contribution is 7.47. The maximum atomic E-state index is 12.9. The van der Waals surface area contributed by atoms with Crippen LogP contribution in [0.1, 0.15) is 188 Å². The standard InChI is InChI=1S/C60H95O11P/c1-4-7-10-13-16-19-22-25-28-31-34-37-40-43-46-49-58(62)67-53-57(71-60(64)51-48-45-42-39-36-33-30-27-24-21-18-15-12-9-6-3)55-69-72(65,66)68-54-56(52-61)70-59(63)50-47-44-41-38-35-32-29-26-23-20-17-14-11-8-5-2/h7-12,16-21,25-30,36,39,45,48,56-57,61H,4-6,13-15,22-24,31-35,37-38,40-44,46-47,49-55H2,1-3H3,(H,65,66)/b10-7-,11-8-,12-9-,19-16-,20-17-,21-18-,28-25-,29-26-,30-27-,39-36-,48-45-. The molecule has 0 saturated heterocycles. The van der Waals surface area contributed by atoms with Crippen molar-refractivity contribution >= 4 is 25.7 Å². The Morgan fingerprint density at radius 3 is 1.15 bits per heavy atom. The molecule has 3 unspecified atom stereocenters. The van der Waals surface area contributed by atoms with E-state index in [0.29, 0.717) is 19.3 Å². The van der Waals surface area contributed by atoms with E-state index < -0.39 is 64.4 Å². The number of esters is 3. The molecule has 0 bridgehead atoms. The number of ether oxygens (including phenoxy) is 3. The van der Waals surface area contributed by atoms with E-state index in [4.69, 9.17) is 23.3 Å². The summed E-state index contributed by atoms with van der Waals surface area (Å²) in [4.78, 5) is 48.4. The zero-order valence-electron chi connectivity index (χ0n) is 44.6. The van der Waals surface area contributed by atoms with Crippen LogP contribution in [0, 0.1) is 0 Å². The Bertz CT molecular complexity index is 1710. The summed E-state index contributed by atoms with van der Waals surface area (Å²) < 4.78 is 39.3. The van der Waals surface area contributed by atoms with Crippen molar-refractivity contribution in [3.63, 3.8) is 0 Å². The van der Waals surface area contributed by atoms with E-state index in [1.807, 2.05) is 18.2 Å². The van der Waals surface area contributed by atoms with Gasteiger partial charge in [0.15, 0.2) is 6.10 Å². The third kappa shape index (κ3) is 50.6. The second kappa shape index (κ2) is 52.9. The van der Waals surface area contributed by atoms with Gasteiger partial charge in [0, 0.05) is 12.8 Å². The largest absolute Gasteiger partial charge is 0.472 e. The molecule has 11 nitrogen and oxygen atoms in total. The highest BCUT2D eigenvalue weighted by Gasteiger charge is 2.28. The van der Waals surface area contributed by atoms with Gasteiger partial charge in [-0.05, 0) is 109 Å². The van der Waals surface area contributed by atoms with Gasteiger partial charge in [-0.15, -0.1) is 0 Å². The molecule has 3 atom stereocenters. The van der Waals surface area contributed by atoms with E-state index in [2.05, 4.69) is 130 Å². The highest BCUT2D eigenvalue weighted by atomic mass is 31.2. The summed E-state index contributed by atoms with van der Waals surface area (Å²) in [5.41, 5.74) is 0. The van der Waals surface area contributed by atoms with Gasteiger partial charge in [0.1, 0.15) is 12.7 Å². The smallest absolute Gasteiger partial charge is 0.462 e. The fourth-order valence-electron chi connectivity index (χ4n) is 6.58. The number of hydrogen-bond donors (Lipinski definition) is 2. The van der Waals surface area contributed by atoms with E-state index in [9.17, 15) is 28.9 Å². The van der Waals surface area contributed by atoms with Gasteiger partial charge in [-0.1, -0.05) is 193 Å². The number of aliphatic hydroxyl groups excluding tert-OH is 1. The number of hydrogen-bond acceptors (Lipinski definition) is 10. The number of allylic oxidation sites excluding steroid dienone is 21. The second-order valence-corrected chi connectivity index (χ2v) is 18.7.